The fourth-order valence-corrected chi connectivity index (χ4v) is 0.565. The summed E-state index contributed by atoms with van der Waals surface area (Å²) in [5.74, 6) is -0.871. The lowest BCUT2D eigenvalue weighted by atomic mass is 10.2. The van der Waals surface area contributed by atoms with E-state index in [0.29, 0.717) is 0 Å². The Balaban J connectivity index is 0. The van der Waals surface area contributed by atoms with Crippen molar-refractivity contribution in [3.8, 4) is 0 Å². The molecule has 0 atom stereocenters. The summed E-state index contributed by atoms with van der Waals surface area (Å²) in [5.41, 5.74) is 0.743. The SMILES string of the molecule is C=CCCC(=C)NCC(=O)O.CCCC. The van der Waals surface area contributed by atoms with Crippen LogP contribution in [0.5, 0.6) is 0 Å². The van der Waals surface area contributed by atoms with Gasteiger partial charge in [0.1, 0.15) is 6.54 Å². The number of allylic oxidation sites excluding steroid dienone is 2. The number of carboxylic acids is 1. The van der Waals surface area contributed by atoms with Crippen molar-refractivity contribution in [3.05, 3.63) is 24.9 Å². The second kappa shape index (κ2) is 12.8. The van der Waals surface area contributed by atoms with E-state index >= 15 is 0 Å². The fraction of sp³-hybridized carbons (Fsp3) is 0.583. The molecule has 88 valence electrons. The summed E-state index contributed by atoms with van der Waals surface area (Å²) >= 11 is 0. The van der Waals surface area contributed by atoms with Gasteiger partial charge in [-0.05, 0) is 12.8 Å². The first kappa shape index (κ1) is 16.2. The zero-order valence-electron chi connectivity index (χ0n) is 9.88. The molecule has 3 nitrogen and oxygen atoms in total. The summed E-state index contributed by atoms with van der Waals surface area (Å²) in [6, 6.07) is 0. The average Bonchev–Trinajstić information content (AvgIpc) is 2.23. The summed E-state index contributed by atoms with van der Waals surface area (Å²) in [5, 5.41) is 10.9. The second-order valence-corrected chi connectivity index (χ2v) is 3.18. The molecule has 0 aliphatic heterocycles. The first-order chi connectivity index (χ1) is 7.08. The molecule has 15 heavy (non-hydrogen) atoms. The minimum absolute atomic E-state index is 0.0595. The van der Waals surface area contributed by atoms with Crippen LogP contribution in [0.1, 0.15) is 39.5 Å². The third kappa shape index (κ3) is 19.2. The lowest BCUT2D eigenvalue weighted by molar-refractivity contribution is -0.135. The largest absolute Gasteiger partial charge is 0.480 e. The highest BCUT2D eigenvalue weighted by molar-refractivity contribution is 5.69. The maximum atomic E-state index is 10.1. The Hall–Kier alpha value is -1.25. The minimum atomic E-state index is -0.871. The van der Waals surface area contributed by atoms with E-state index < -0.39 is 5.97 Å². The van der Waals surface area contributed by atoms with Gasteiger partial charge < -0.3 is 10.4 Å². The van der Waals surface area contributed by atoms with Crippen molar-refractivity contribution in [1.82, 2.24) is 5.32 Å². The molecule has 0 fully saturated rings. The summed E-state index contributed by atoms with van der Waals surface area (Å²) in [6.07, 6.45) is 5.98. The van der Waals surface area contributed by atoms with Crippen molar-refractivity contribution >= 4 is 5.97 Å². The van der Waals surface area contributed by atoms with Crippen LogP contribution in [0.25, 0.3) is 0 Å². The van der Waals surface area contributed by atoms with E-state index in [0.717, 1.165) is 18.5 Å². The van der Waals surface area contributed by atoms with Gasteiger partial charge in [-0.25, -0.2) is 0 Å². The molecule has 0 heterocycles. The summed E-state index contributed by atoms with van der Waals surface area (Å²) in [7, 11) is 0. The van der Waals surface area contributed by atoms with Gasteiger partial charge in [-0.2, -0.15) is 0 Å². The molecule has 3 heteroatoms. The average molecular weight is 213 g/mol. The lowest BCUT2D eigenvalue weighted by Gasteiger charge is -2.04. The molecule has 0 amide bonds. The van der Waals surface area contributed by atoms with E-state index in [4.69, 9.17) is 5.11 Å². The molecule has 0 saturated carbocycles. The Morgan fingerprint density at radius 3 is 2.27 bits per heavy atom. The molecule has 0 radical (unpaired) electrons. The molecule has 0 bridgehead atoms. The Labute approximate surface area is 92.9 Å². The molecule has 0 aromatic heterocycles. The highest BCUT2D eigenvalue weighted by Crippen LogP contribution is 1.97. The van der Waals surface area contributed by atoms with Crippen LogP contribution in [-0.2, 0) is 4.79 Å². The quantitative estimate of drug-likeness (QED) is 0.639. The second-order valence-electron chi connectivity index (χ2n) is 3.18. The third-order valence-corrected chi connectivity index (χ3v) is 1.64. The molecule has 0 aromatic rings. The molecule has 0 spiro atoms. The predicted octanol–water partition coefficient (Wildman–Crippen LogP) is 2.95. The smallest absolute Gasteiger partial charge is 0.322 e. The van der Waals surface area contributed by atoms with Crippen LogP contribution in [0.15, 0.2) is 24.9 Å². The lowest BCUT2D eigenvalue weighted by Crippen LogP contribution is -2.21. The molecule has 0 aliphatic rings. The standard InChI is InChI=1S/C8H13NO2.C4H10/c1-3-4-5-7(2)9-6-8(10)11;1-3-4-2/h3,9H,1-2,4-6H2,(H,10,11);3-4H2,1-2H3. The fourth-order valence-electron chi connectivity index (χ4n) is 0.565. The van der Waals surface area contributed by atoms with Crippen LogP contribution in [0.4, 0.5) is 0 Å². The minimum Gasteiger partial charge on any atom is -0.480 e. The van der Waals surface area contributed by atoms with E-state index in [-0.39, 0.29) is 6.54 Å². The van der Waals surface area contributed by atoms with E-state index in [1.54, 1.807) is 6.08 Å². The van der Waals surface area contributed by atoms with Gasteiger partial charge in [0.05, 0.1) is 0 Å². The van der Waals surface area contributed by atoms with Crippen LogP contribution < -0.4 is 5.32 Å². The summed E-state index contributed by atoms with van der Waals surface area (Å²) in [6.45, 7) is 11.5. The number of rotatable bonds is 7. The van der Waals surface area contributed by atoms with E-state index in [9.17, 15) is 4.79 Å². The van der Waals surface area contributed by atoms with E-state index in [1.807, 2.05) is 0 Å². The maximum Gasteiger partial charge on any atom is 0.322 e. The first-order valence-corrected chi connectivity index (χ1v) is 5.32. The van der Waals surface area contributed by atoms with Crippen LogP contribution in [0, 0.1) is 0 Å². The van der Waals surface area contributed by atoms with Crippen LogP contribution >= 0.6 is 0 Å². The van der Waals surface area contributed by atoms with Crippen LogP contribution in [0.3, 0.4) is 0 Å². The monoisotopic (exact) mass is 213 g/mol. The number of aliphatic carboxylic acids is 1. The number of carboxylic acid groups (broad SMARTS) is 1. The topological polar surface area (TPSA) is 49.3 Å². The van der Waals surface area contributed by atoms with Crippen molar-refractivity contribution in [2.24, 2.45) is 0 Å². The van der Waals surface area contributed by atoms with Crippen molar-refractivity contribution in [2.45, 2.75) is 39.5 Å². The van der Waals surface area contributed by atoms with E-state index in [1.165, 1.54) is 12.8 Å². The Kier molecular flexibility index (Phi) is 13.8. The number of nitrogens with one attached hydrogen (secondary N) is 1. The summed E-state index contributed by atoms with van der Waals surface area (Å²) in [4.78, 5) is 10.1. The highest BCUT2D eigenvalue weighted by Gasteiger charge is 1.95. The molecular weight excluding hydrogens is 190 g/mol. The zero-order chi connectivity index (χ0) is 12.1. The Morgan fingerprint density at radius 2 is 1.93 bits per heavy atom. The van der Waals surface area contributed by atoms with Crippen molar-refractivity contribution in [2.75, 3.05) is 6.54 Å². The van der Waals surface area contributed by atoms with Gasteiger partial charge in [0.15, 0.2) is 0 Å². The van der Waals surface area contributed by atoms with Gasteiger partial charge in [-0.1, -0.05) is 39.3 Å². The van der Waals surface area contributed by atoms with Gasteiger partial charge in [0, 0.05) is 5.70 Å². The molecule has 0 aliphatic carbocycles. The first-order valence-electron chi connectivity index (χ1n) is 5.32. The van der Waals surface area contributed by atoms with Gasteiger partial charge in [-0.15, -0.1) is 6.58 Å². The number of hydrogen-bond acceptors (Lipinski definition) is 2. The molecule has 0 saturated heterocycles. The van der Waals surface area contributed by atoms with E-state index in [2.05, 4.69) is 32.3 Å². The molecule has 0 unspecified atom stereocenters. The van der Waals surface area contributed by atoms with Crippen molar-refractivity contribution in [1.29, 1.82) is 0 Å². The Bertz CT molecular complexity index is 186. The number of unbranched alkanes of at least 4 members (excludes halogenated alkanes) is 1. The van der Waals surface area contributed by atoms with Gasteiger partial charge >= 0.3 is 5.97 Å². The normalized spacial score (nSPS) is 8.40. The number of hydrogen-bond donors (Lipinski definition) is 2. The highest BCUT2D eigenvalue weighted by atomic mass is 16.4. The van der Waals surface area contributed by atoms with Gasteiger partial charge in [0.2, 0.25) is 0 Å². The molecule has 2 N–H and O–H groups in total. The molecule has 0 rings (SSSR count). The van der Waals surface area contributed by atoms with Crippen molar-refractivity contribution in [3.63, 3.8) is 0 Å². The summed E-state index contributed by atoms with van der Waals surface area (Å²) < 4.78 is 0. The maximum absolute atomic E-state index is 10.1. The Morgan fingerprint density at radius 1 is 1.40 bits per heavy atom. The predicted molar refractivity (Wildman–Crippen MR) is 64.8 cm³/mol. The number of carbonyl (C=O) groups is 1. The van der Waals surface area contributed by atoms with Gasteiger partial charge in [-0.3, -0.25) is 4.79 Å². The third-order valence-electron chi connectivity index (χ3n) is 1.64. The van der Waals surface area contributed by atoms with Crippen molar-refractivity contribution < 1.29 is 9.90 Å². The molecular formula is C12H23NO2. The molecule has 0 aromatic carbocycles. The van der Waals surface area contributed by atoms with Crippen LogP contribution in [0.2, 0.25) is 0 Å². The van der Waals surface area contributed by atoms with Crippen LogP contribution in [-0.4, -0.2) is 17.6 Å². The zero-order valence-corrected chi connectivity index (χ0v) is 9.88. The van der Waals surface area contributed by atoms with Gasteiger partial charge in [0.25, 0.3) is 0 Å².